The molecule has 0 spiro atoms. The fraction of sp³-hybridized carbons (Fsp3) is 0.615. The van der Waals surface area contributed by atoms with Crippen LogP contribution in [0.1, 0.15) is 29.0 Å². The van der Waals surface area contributed by atoms with Crippen LogP contribution >= 0.6 is 0 Å². The monoisotopic (exact) mass is 296 g/mol. The lowest BCUT2D eigenvalue weighted by molar-refractivity contribution is -0.125. The lowest BCUT2D eigenvalue weighted by atomic mass is 10.1. The predicted octanol–water partition coefficient (Wildman–Crippen LogP) is -0.237. The number of aryl methyl sites for hydroxylation is 2. The number of nitrogens with two attached hydrogens (primary N) is 1. The van der Waals surface area contributed by atoms with Gasteiger partial charge in [-0.05, 0) is 19.8 Å². The molecule has 1 amide bonds. The Labute approximate surface area is 122 Å². The minimum atomic E-state index is -0.655. The van der Waals surface area contributed by atoms with E-state index in [0.29, 0.717) is 18.9 Å². The average molecular weight is 296 g/mol. The maximum absolute atomic E-state index is 11.9. The Morgan fingerprint density at radius 1 is 1.48 bits per heavy atom. The van der Waals surface area contributed by atoms with Crippen molar-refractivity contribution >= 4 is 17.6 Å². The van der Waals surface area contributed by atoms with E-state index in [1.165, 1.54) is 4.68 Å². The van der Waals surface area contributed by atoms with Gasteiger partial charge in [0.15, 0.2) is 12.3 Å². The minimum Gasteiger partial charge on any atom is -0.451 e. The van der Waals surface area contributed by atoms with Crippen molar-refractivity contribution in [1.29, 1.82) is 0 Å². The quantitative estimate of drug-likeness (QED) is 0.742. The zero-order chi connectivity index (χ0) is 15.4. The number of nitrogen functional groups attached to an aromatic ring is 1. The molecule has 21 heavy (non-hydrogen) atoms. The number of rotatable bonds is 4. The fourth-order valence-corrected chi connectivity index (χ4v) is 2.23. The first-order valence-corrected chi connectivity index (χ1v) is 6.82. The first kappa shape index (κ1) is 15.3. The summed E-state index contributed by atoms with van der Waals surface area (Å²) in [5, 5.41) is 6.84. The second kappa shape index (κ2) is 6.57. The lowest BCUT2D eigenvalue weighted by Gasteiger charge is -2.22. The van der Waals surface area contributed by atoms with E-state index in [0.717, 1.165) is 12.8 Å². The summed E-state index contributed by atoms with van der Waals surface area (Å²) in [7, 11) is 1.60. The molecular weight excluding hydrogens is 276 g/mol. The largest absolute Gasteiger partial charge is 0.451 e. The third-order valence-corrected chi connectivity index (χ3v) is 3.38. The number of hydrogen-bond donors (Lipinski definition) is 2. The zero-order valence-corrected chi connectivity index (χ0v) is 12.2. The van der Waals surface area contributed by atoms with Crippen LogP contribution in [0.2, 0.25) is 0 Å². The maximum Gasteiger partial charge on any atom is 0.359 e. The molecule has 2 rings (SSSR count). The molecule has 0 saturated carbocycles. The summed E-state index contributed by atoms with van der Waals surface area (Å²) in [6, 6.07) is 0.0777. The molecule has 3 N–H and O–H groups in total. The second-order valence-electron chi connectivity index (χ2n) is 5.00. The number of ether oxygens (including phenoxy) is 2. The third kappa shape index (κ3) is 3.72. The molecule has 1 aliphatic rings. The summed E-state index contributed by atoms with van der Waals surface area (Å²) in [6.45, 7) is 2.63. The summed E-state index contributed by atoms with van der Waals surface area (Å²) in [6.07, 6.45) is 1.54. The Morgan fingerprint density at radius 3 is 2.71 bits per heavy atom. The Hall–Kier alpha value is -2.09. The number of amides is 1. The first-order chi connectivity index (χ1) is 9.99. The number of esters is 1. The Bertz CT molecular complexity index is 535. The van der Waals surface area contributed by atoms with E-state index in [2.05, 4.69) is 10.4 Å². The number of carbonyl (C=O) groups excluding carboxylic acids is 2. The first-order valence-electron chi connectivity index (χ1n) is 6.82. The molecule has 8 nitrogen and oxygen atoms in total. The van der Waals surface area contributed by atoms with Crippen molar-refractivity contribution < 1.29 is 19.1 Å². The van der Waals surface area contributed by atoms with E-state index in [9.17, 15) is 9.59 Å². The Morgan fingerprint density at radius 2 is 2.14 bits per heavy atom. The van der Waals surface area contributed by atoms with Crippen molar-refractivity contribution in [3.63, 3.8) is 0 Å². The van der Waals surface area contributed by atoms with Crippen molar-refractivity contribution in [1.82, 2.24) is 15.1 Å². The van der Waals surface area contributed by atoms with Crippen LogP contribution in [-0.2, 0) is 21.3 Å². The zero-order valence-electron chi connectivity index (χ0n) is 12.2. The van der Waals surface area contributed by atoms with Gasteiger partial charge in [-0.15, -0.1) is 0 Å². The van der Waals surface area contributed by atoms with E-state index < -0.39 is 5.97 Å². The van der Waals surface area contributed by atoms with Crippen LogP contribution in [0.25, 0.3) is 0 Å². The van der Waals surface area contributed by atoms with Gasteiger partial charge < -0.3 is 20.5 Å². The van der Waals surface area contributed by atoms with Crippen LogP contribution < -0.4 is 11.1 Å². The summed E-state index contributed by atoms with van der Waals surface area (Å²) in [4.78, 5) is 23.7. The molecule has 1 aromatic rings. The molecule has 0 unspecified atom stereocenters. The molecule has 0 bridgehead atoms. The van der Waals surface area contributed by atoms with Gasteiger partial charge in [0, 0.05) is 26.3 Å². The van der Waals surface area contributed by atoms with Gasteiger partial charge in [-0.2, -0.15) is 5.10 Å². The van der Waals surface area contributed by atoms with E-state index in [-0.39, 0.29) is 29.9 Å². The highest BCUT2D eigenvalue weighted by atomic mass is 16.5. The van der Waals surface area contributed by atoms with Gasteiger partial charge in [-0.1, -0.05) is 0 Å². The summed E-state index contributed by atoms with van der Waals surface area (Å²) >= 11 is 0. The van der Waals surface area contributed by atoms with Gasteiger partial charge in [0.05, 0.1) is 11.4 Å². The van der Waals surface area contributed by atoms with E-state index >= 15 is 0 Å². The molecule has 2 heterocycles. The van der Waals surface area contributed by atoms with Gasteiger partial charge in [0.2, 0.25) is 0 Å². The number of aromatic nitrogens is 2. The number of anilines is 1. The van der Waals surface area contributed by atoms with Crippen molar-refractivity contribution in [2.75, 3.05) is 25.6 Å². The standard InChI is InChI=1S/C13H20N4O4/c1-8-11(14)12(17(2)16-8)13(19)21-7-10(18)15-9-3-5-20-6-4-9/h9H,3-7,14H2,1-2H3,(H,15,18). The van der Waals surface area contributed by atoms with Crippen molar-refractivity contribution in [3.8, 4) is 0 Å². The molecule has 1 aliphatic heterocycles. The molecule has 116 valence electrons. The van der Waals surface area contributed by atoms with E-state index in [1.807, 2.05) is 0 Å². The highest BCUT2D eigenvalue weighted by Crippen LogP contribution is 2.16. The molecule has 0 radical (unpaired) electrons. The van der Waals surface area contributed by atoms with Crippen molar-refractivity contribution in [2.24, 2.45) is 7.05 Å². The molecule has 8 heteroatoms. The summed E-state index contributed by atoms with van der Waals surface area (Å²) in [5.74, 6) is -0.981. The van der Waals surface area contributed by atoms with Gasteiger partial charge in [-0.25, -0.2) is 4.79 Å². The van der Waals surface area contributed by atoms with Crippen LogP contribution in [0.4, 0.5) is 5.69 Å². The molecule has 1 fully saturated rings. The van der Waals surface area contributed by atoms with Crippen LogP contribution in [0.3, 0.4) is 0 Å². The number of nitrogens with zero attached hydrogens (tertiary/aromatic N) is 2. The van der Waals surface area contributed by atoms with Crippen LogP contribution in [0.15, 0.2) is 0 Å². The highest BCUT2D eigenvalue weighted by Gasteiger charge is 2.21. The van der Waals surface area contributed by atoms with Crippen LogP contribution in [0, 0.1) is 6.92 Å². The maximum atomic E-state index is 11.9. The normalized spacial score (nSPS) is 15.7. The molecule has 0 aromatic carbocycles. The van der Waals surface area contributed by atoms with Gasteiger partial charge in [0.25, 0.3) is 5.91 Å². The van der Waals surface area contributed by atoms with E-state index in [1.54, 1.807) is 14.0 Å². The number of nitrogens with one attached hydrogen (secondary N) is 1. The molecular formula is C13H20N4O4. The van der Waals surface area contributed by atoms with E-state index in [4.69, 9.17) is 15.2 Å². The molecule has 1 saturated heterocycles. The fourth-order valence-electron chi connectivity index (χ4n) is 2.23. The molecule has 0 atom stereocenters. The smallest absolute Gasteiger partial charge is 0.359 e. The SMILES string of the molecule is Cc1nn(C)c(C(=O)OCC(=O)NC2CCOCC2)c1N. The molecule has 0 aliphatic carbocycles. The minimum absolute atomic E-state index is 0.0777. The summed E-state index contributed by atoms with van der Waals surface area (Å²) < 4.78 is 11.5. The summed E-state index contributed by atoms with van der Waals surface area (Å²) in [5.41, 5.74) is 6.74. The average Bonchev–Trinajstić information content (AvgIpc) is 2.71. The highest BCUT2D eigenvalue weighted by molar-refractivity contribution is 5.95. The number of carbonyl (C=O) groups is 2. The van der Waals surface area contributed by atoms with Gasteiger partial charge in [0.1, 0.15) is 0 Å². The van der Waals surface area contributed by atoms with Crippen molar-refractivity contribution in [3.05, 3.63) is 11.4 Å². The Kier molecular flexibility index (Phi) is 4.79. The topological polar surface area (TPSA) is 108 Å². The molecule has 1 aromatic heterocycles. The van der Waals surface area contributed by atoms with Crippen molar-refractivity contribution in [2.45, 2.75) is 25.8 Å². The van der Waals surface area contributed by atoms with Gasteiger partial charge >= 0.3 is 5.97 Å². The Balaban J connectivity index is 1.84. The second-order valence-corrected chi connectivity index (χ2v) is 5.00. The third-order valence-electron chi connectivity index (χ3n) is 3.38. The van der Waals surface area contributed by atoms with Crippen LogP contribution in [0.5, 0.6) is 0 Å². The van der Waals surface area contributed by atoms with Crippen LogP contribution in [-0.4, -0.2) is 47.5 Å². The number of hydrogen-bond acceptors (Lipinski definition) is 6. The predicted molar refractivity (Wildman–Crippen MR) is 74.6 cm³/mol. The lowest BCUT2D eigenvalue weighted by Crippen LogP contribution is -2.41. The van der Waals surface area contributed by atoms with Gasteiger partial charge in [-0.3, -0.25) is 9.48 Å².